The number of aliphatic carboxylic acids is 1. The van der Waals surface area contributed by atoms with Gasteiger partial charge in [0.25, 0.3) is 0 Å². The fraction of sp³-hybridized carbons (Fsp3) is 0.562. The molecule has 0 unspecified atom stereocenters. The Kier molecular flexibility index (Phi) is 4.56. The average Bonchev–Trinajstić information content (AvgIpc) is 2.69. The topological polar surface area (TPSA) is 49.8 Å². The lowest BCUT2D eigenvalue weighted by Crippen LogP contribution is -2.56. The Morgan fingerprint density at radius 3 is 2.57 bits per heavy atom. The van der Waals surface area contributed by atoms with Gasteiger partial charge in [0.15, 0.2) is 0 Å². The van der Waals surface area contributed by atoms with Crippen molar-refractivity contribution in [3.63, 3.8) is 0 Å². The minimum atomic E-state index is -0.916. The van der Waals surface area contributed by atoms with Crippen molar-refractivity contribution in [2.45, 2.75) is 45.4 Å². The van der Waals surface area contributed by atoms with Gasteiger partial charge in [0, 0.05) is 30.6 Å². The van der Waals surface area contributed by atoms with Gasteiger partial charge < -0.3 is 9.84 Å². The molecule has 0 atom stereocenters. The highest BCUT2D eigenvalue weighted by Gasteiger charge is 2.38. The predicted octanol–water partition coefficient (Wildman–Crippen LogP) is 3.24. The maximum Gasteiger partial charge on any atom is 0.328 e. The number of morpholine rings is 1. The third-order valence-corrected chi connectivity index (χ3v) is 4.24. The van der Waals surface area contributed by atoms with Crippen molar-refractivity contribution in [3.05, 3.63) is 28.0 Å². The fourth-order valence-corrected chi connectivity index (χ4v) is 3.96. The summed E-state index contributed by atoms with van der Waals surface area (Å²) in [6.07, 6.45) is 2.86. The van der Waals surface area contributed by atoms with Crippen molar-refractivity contribution in [2.24, 2.45) is 0 Å². The zero-order valence-electron chi connectivity index (χ0n) is 13.0. The number of thiophene rings is 1. The summed E-state index contributed by atoms with van der Waals surface area (Å²) in [5.41, 5.74) is 0.649. The van der Waals surface area contributed by atoms with E-state index >= 15 is 0 Å². The standard InChI is InChI=1S/C16H23NO3S/c1-15(2)10-17(11-16(3,4)20-15)9-13-12(7-8-21-13)5-6-14(18)19/h5-8H,9-11H2,1-4H3,(H,18,19)/b6-5+. The molecule has 0 aliphatic carbocycles. The number of nitrogens with zero attached hydrogens (tertiary/aromatic N) is 1. The normalized spacial score (nSPS) is 21.7. The molecule has 0 saturated carbocycles. The van der Waals surface area contributed by atoms with Crippen LogP contribution in [0.1, 0.15) is 38.1 Å². The number of ether oxygens (including phenoxy) is 1. The highest BCUT2D eigenvalue weighted by Crippen LogP contribution is 2.30. The lowest BCUT2D eigenvalue weighted by molar-refractivity contribution is -0.182. The Hall–Kier alpha value is -1.17. The highest BCUT2D eigenvalue weighted by molar-refractivity contribution is 7.10. The van der Waals surface area contributed by atoms with Crippen LogP contribution in [0.15, 0.2) is 17.5 Å². The van der Waals surface area contributed by atoms with Crippen LogP contribution in [0.3, 0.4) is 0 Å². The van der Waals surface area contributed by atoms with Gasteiger partial charge in [-0.25, -0.2) is 4.79 Å². The van der Waals surface area contributed by atoms with Crippen LogP contribution < -0.4 is 0 Å². The molecule has 4 nitrogen and oxygen atoms in total. The first-order valence-corrected chi connectivity index (χ1v) is 7.95. The van der Waals surface area contributed by atoms with Crippen molar-refractivity contribution < 1.29 is 14.6 Å². The van der Waals surface area contributed by atoms with E-state index in [-0.39, 0.29) is 11.2 Å². The quantitative estimate of drug-likeness (QED) is 0.868. The first-order chi connectivity index (χ1) is 9.67. The second-order valence-electron chi connectivity index (χ2n) is 6.74. The van der Waals surface area contributed by atoms with E-state index in [0.717, 1.165) is 25.2 Å². The molecule has 0 bridgehead atoms. The van der Waals surface area contributed by atoms with Crippen molar-refractivity contribution in [1.82, 2.24) is 4.90 Å². The molecule has 0 amide bonds. The highest BCUT2D eigenvalue weighted by atomic mass is 32.1. The second kappa shape index (κ2) is 5.91. The minimum absolute atomic E-state index is 0.171. The van der Waals surface area contributed by atoms with E-state index in [1.54, 1.807) is 17.4 Å². The van der Waals surface area contributed by atoms with Crippen LogP contribution in [0.5, 0.6) is 0 Å². The summed E-state index contributed by atoms with van der Waals surface area (Å²) in [6, 6.07) is 1.97. The summed E-state index contributed by atoms with van der Waals surface area (Å²) in [5.74, 6) is -0.916. The maximum absolute atomic E-state index is 10.7. The van der Waals surface area contributed by atoms with Crippen molar-refractivity contribution in [2.75, 3.05) is 13.1 Å². The summed E-state index contributed by atoms with van der Waals surface area (Å²) in [4.78, 5) is 14.2. The van der Waals surface area contributed by atoms with Gasteiger partial charge in [-0.05, 0) is 50.8 Å². The molecule has 2 heterocycles. The Morgan fingerprint density at radius 1 is 1.38 bits per heavy atom. The largest absolute Gasteiger partial charge is 0.478 e. The SMILES string of the molecule is CC1(C)CN(Cc2sccc2/C=C/C(=O)O)CC(C)(C)O1. The molecule has 0 spiro atoms. The van der Waals surface area contributed by atoms with Gasteiger partial charge in [0.05, 0.1) is 11.2 Å². The lowest BCUT2D eigenvalue weighted by atomic mass is 9.99. The zero-order valence-corrected chi connectivity index (χ0v) is 13.9. The molecule has 21 heavy (non-hydrogen) atoms. The van der Waals surface area contributed by atoms with Gasteiger partial charge in [-0.1, -0.05) is 0 Å². The summed E-state index contributed by atoms with van der Waals surface area (Å²) in [7, 11) is 0. The Balaban J connectivity index is 2.11. The third-order valence-electron chi connectivity index (χ3n) is 3.31. The van der Waals surface area contributed by atoms with Gasteiger partial charge in [-0.3, -0.25) is 4.90 Å². The number of carbonyl (C=O) groups is 1. The molecular weight excluding hydrogens is 286 g/mol. The summed E-state index contributed by atoms with van der Waals surface area (Å²) in [6.45, 7) is 11.0. The maximum atomic E-state index is 10.7. The molecule has 1 aromatic heterocycles. The van der Waals surface area contributed by atoms with E-state index in [1.807, 2.05) is 11.4 Å². The number of hydrogen-bond donors (Lipinski definition) is 1. The smallest absolute Gasteiger partial charge is 0.328 e. The number of carboxylic acids is 1. The van der Waals surface area contributed by atoms with E-state index in [4.69, 9.17) is 9.84 Å². The molecule has 1 saturated heterocycles. The zero-order chi connectivity index (χ0) is 15.7. The van der Waals surface area contributed by atoms with Gasteiger partial charge in [0.1, 0.15) is 0 Å². The van der Waals surface area contributed by atoms with Crippen LogP contribution in [0.4, 0.5) is 0 Å². The number of rotatable bonds is 4. The summed E-state index contributed by atoms with van der Waals surface area (Å²) in [5, 5.41) is 10.8. The molecule has 1 fully saturated rings. The van der Waals surface area contributed by atoms with Gasteiger partial charge in [0.2, 0.25) is 0 Å². The third kappa shape index (κ3) is 4.66. The van der Waals surface area contributed by atoms with Gasteiger partial charge in [-0.2, -0.15) is 0 Å². The molecule has 1 aliphatic rings. The van der Waals surface area contributed by atoms with E-state index in [9.17, 15) is 4.79 Å². The molecule has 5 heteroatoms. The molecule has 1 N–H and O–H groups in total. The van der Waals surface area contributed by atoms with Crippen LogP contribution in [0.2, 0.25) is 0 Å². The lowest BCUT2D eigenvalue weighted by Gasteiger charge is -2.47. The molecule has 1 aliphatic heterocycles. The van der Waals surface area contributed by atoms with Crippen LogP contribution >= 0.6 is 11.3 Å². The second-order valence-corrected chi connectivity index (χ2v) is 7.74. The molecule has 0 aromatic carbocycles. The molecule has 116 valence electrons. The Morgan fingerprint density at radius 2 is 2.00 bits per heavy atom. The molecule has 2 rings (SSSR count). The van der Waals surface area contributed by atoms with E-state index in [0.29, 0.717) is 0 Å². The van der Waals surface area contributed by atoms with Crippen LogP contribution in [-0.4, -0.2) is 40.3 Å². The van der Waals surface area contributed by atoms with Crippen LogP contribution in [-0.2, 0) is 16.1 Å². The summed E-state index contributed by atoms with van der Waals surface area (Å²) >= 11 is 1.67. The number of carboxylic acid groups (broad SMARTS) is 1. The molecule has 1 aromatic rings. The van der Waals surface area contributed by atoms with Gasteiger partial charge >= 0.3 is 5.97 Å². The fourth-order valence-electron chi connectivity index (χ4n) is 3.05. The average molecular weight is 309 g/mol. The van der Waals surface area contributed by atoms with E-state index in [2.05, 4.69) is 32.6 Å². The van der Waals surface area contributed by atoms with E-state index < -0.39 is 5.97 Å². The van der Waals surface area contributed by atoms with Crippen molar-refractivity contribution in [3.8, 4) is 0 Å². The van der Waals surface area contributed by atoms with E-state index in [1.165, 1.54) is 11.0 Å². The van der Waals surface area contributed by atoms with Crippen molar-refractivity contribution >= 4 is 23.4 Å². The van der Waals surface area contributed by atoms with Crippen molar-refractivity contribution in [1.29, 1.82) is 0 Å². The van der Waals surface area contributed by atoms with Crippen LogP contribution in [0.25, 0.3) is 6.08 Å². The summed E-state index contributed by atoms with van der Waals surface area (Å²) < 4.78 is 6.09. The first kappa shape index (κ1) is 16.2. The van der Waals surface area contributed by atoms with Gasteiger partial charge in [-0.15, -0.1) is 11.3 Å². The first-order valence-electron chi connectivity index (χ1n) is 7.07. The molecular formula is C16H23NO3S. The Bertz CT molecular complexity index is 529. The monoisotopic (exact) mass is 309 g/mol. The minimum Gasteiger partial charge on any atom is -0.478 e. The number of hydrogen-bond acceptors (Lipinski definition) is 4. The Labute approximate surface area is 130 Å². The van der Waals surface area contributed by atoms with Crippen LogP contribution in [0, 0.1) is 0 Å². The molecule has 0 radical (unpaired) electrons. The predicted molar refractivity (Wildman–Crippen MR) is 85.5 cm³/mol.